The Morgan fingerprint density at radius 3 is 2.67 bits per heavy atom. The Morgan fingerprint density at radius 2 is 1.96 bits per heavy atom. The standard InChI is InChI=1S/C19H21BrN2O2/c1-24-16-5-4-12-22(13-16)15-10-8-14(9-11-15)21-19(23)17-6-2-3-7-18(17)20/h2-3,6-11,16H,4-5,12-13H2,1H3,(H,21,23). The molecule has 0 radical (unpaired) electrons. The highest BCUT2D eigenvalue weighted by atomic mass is 79.9. The number of benzene rings is 2. The van der Waals surface area contributed by atoms with Crippen molar-refractivity contribution in [3.63, 3.8) is 0 Å². The van der Waals surface area contributed by atoms with E-state index < -0.39 is 0 Å². The molecule has 0 aliphatic carbocycles. The molecule has 0 aromatic heterocycles. The van der Waals surface area contributed by atoms with Crippen molar-refractivity contribution in [2.75, 3.05) is 30.4 Å². The lowest BCUT2D eigenvalue weighted by Crippen LogP contribution is -2.39. The van der Waals surface area contributed by atoms with Gasteiger partial charge in [0.05, 0.1) is 11.7 Å². The first-order chi connectivity index (χ1) is 11.7. The molecule has 24 heavy (non-hydrogen) atoms. The van der Waals surface area contributed by atoms with Crippen LogP contribution in [0.4, 0.5) is 11.4 Å². The van der Waals surface area contributed by atoms with Gasteiger partial charge in [-0.2, -0.15) is 0 Å². The fourth-order valence-corrected chi connectivity index (χ4v) is 3.43. The van der Waals surface area contributed by atoms with Gasteiger partial charge in [0, 0.05) is 36.0 Å². The zero-order chi connectivity index (χ0) is 16.9. The number of anilines is 2. The van der Waals surface area contributed by atoms with Gasteiger partial charge in [0.25, 0.3) is 5.91 Å². The molecule has 126 valence electrons. The lowest BCUT2D eigenvalue weighted by molar-refractivity contribution is 0.0893. The number of ether oxygens (including phenoxy) is 1. The lowest BCUT2D eigenvalue weighted by atomic mass is 10.1. The molecule has 1 heterocycles. The van der Waals surface area contributed by atoms with Crippen LogP contribution in [0.5, 0.6) is 0 Å². The van der Waals surface area contributed by atoms with Crippen LogP contribution < -0.4 is 10.2 Å². The Bertz CT molecular complexity index is 703. The molecule has 3 rings (SSSR count). The summed E-state index contributed by atoms with van der Waals surface area (Å²) in [5.74, 6) is -0.118. The van der Waals surface area contributed by atoms with E-state index in [1.165, 1.54) is 0 Å². The van der Waals surface area contributed by atoms with Crippen molar-refractivity contribution in [2.45, 2.75) is 18.9 Å². The fraction of sp³-hybridized carbons (Fsp3) is 0.316. The normalized spacial score (nSPS) is 17.6. The maximum Gasteiger partial charge on any atom is 0.256 e. The number of nitrogens with one attached hydrogen (secondary N) is 1. The third kappa shape index (κ3) is 3.97. The van der Waals surface area contributed by atoms with Crippen molar-refractivity contribution in [3.8, 4) is 0 Å². The topological polar surface area (TPSA) is 41.6 Å². The quantitative estimate of drug-likeness (QED) is 0.847. The van der Waals surface area contributed by atoms with E-state index in [2.05, 4.69) is 26.1 Å². The van der Waals surface area contributed by atoms with Crippen LogP contribution in [-0.4, -0.2) is 32.2 Å². The second-order valence-electron chi connectivity index (χ2n) is 5.93. The van der Waals surface area contributed by atoms with E-state index in [0.29, 0.717) is 11.7 Å². The number of nitrogens with zero attached hydrogens (tertiary/aromatic N) is 1. The SMILES string of the molecule is COC1CCCN(c2ccc(NC(=O)c3ccccc3Br)cc2)C1. The molecule has 0 bridgehead atoms. The fourth-order valence-electron chi connectivity index (χ4n) is 2.96. The van der Waals surface area contributed by atoms with Crippen LogP contribution in [-0.2, 0) is 4.74 Å². The summed E-state index contributed by atoms with van der Waals surface area (Å²) < 4.78 is 6.27. The van der Waals surface area contributed by atoms with Gasteiger partial charge in [-0.15, -0.1) is 0 Å². The molecule has 2 aromatic rings. The van der Waals surface area contributed by atoms with Gasteiger partial charge in [-0.3, -0.25) is 4.79 Å². The van der Waals surface area contributed by atoms with E-state index in [4.69, 9.17) is 4.74 Å². The molecule has 1 aliphatic rings. The highest BCUT2D eigenvalue weighted by molar-refractivity contribution is 9.10. The highest BCUT2D eigenvalue weighted by Crippen LogP contribution is 2.24. The van der Waals surface area contributed by atoms with E-state index in [9.17, 15) is 4.79 Å². The number of methoxy groups -OCH3 is 1. The maximum atomic E-state index is 12.3. The molecule has 1 unspecified atom stereocenters. The van der Waals surface area contributed by atoms with Crippen molar-refractivity contribution in [2.24, 2.45) is 0 Å². The molecule has 1 aliphatic heterocycles. The number of hydrogen-bond donors (Lipinski definition) is 1. The Morgan fingerprint density at radius 1 is 1.21 bits per heavy atom. The van der Waals surface area contributed by atoms with Gasteiger partial charge in [0.2, 0.25) is 0 Å². The number of amides is 1. The summed E-state index contributed by atoms with van der Waals surface area (Å²) in [6.45, 7) is 1.96. The average molecular weight is 389 g/mol. The number of halogens is 1. The maximum absolute atomic E-state index is 12.3. The number of piperidine rings is 1. The van der Waals surface area contributed by atoms with Gasteiger partial charge in [-0.05, 0) is 65.2 Å². The minimum absolute atomic E-state index is 0.118. The van der Waals surface area contributed by atoms with Crippen LogP contribution >= 0.6 is 15.9 Å². The van der Waals surface area contributed by atoms with Gasteiger partial charge in [-0.25, -0.2) is 0 Å². The van der Waals surface area contributed by atoms with Crippen molar-refractivity contribution in [1.29, 1.82) is 0 Å². The Kier molecular flexibility index (Phi) is 5.53. The van der Waals surface area contributed by atoms with Crippen LogP contribution in [0.25, 0.3) is 0 Å². The number of carbonyl (C=O) groups is 1. The van der Waals surface area contributed by atoms with Gasteiger partial charge >= 0.3 is 0 Å². The smallest absolute Gasteiger partial charge is 0.256 e. The first-order valence-corrected chi connectivity index (χ1v) is 8.90. The van der Waals surface area contributed by atoms with E-state index >= 15 is 0 Å². The molecule has 4 nitrogen and oxygen atoms in total. The van der Waals surface area contributed by atoms with Crippen LogP contribution in [0, 0.1) is 0 Å². The summed E-state index contributed by atoms with van der Waals surface area (Å²) in [5, 5.41) is 2.94. The molecule has 5 heteroatoms. The van der Waals surface area contributed by atoms with Crippen molar-refractivity contribution >= 4 is 33.2 Å². The first-order valence-electron chi connectivity index (χ1n) is 8.11. The minimum atomic E-state index is -0.118. The predicted molar refractivity (Wildman–Crippen MR) is 101 cm³/mol. The van der Waals surface area contributed by atoms with Crippen LogP contribution in [0.15, 0.2) is 53.0 Å². The molecule has 1 atom stereocenters. The monoisotopic (exact) mass is 388 g/mol. The summed E-state index contributed by atoms with van der Waals surface area (Å²) in [6.07, 6.45) is 2.56. The minimum Gasteiger partial charge on any atom is -0.380 e. The summed E-state index contributed by atoms with van der Waals surface area (Å²) in [6, 6.07) is 15.4. The summed E-state index contributed by atoms with van der Waals surface area (Å²) >= 11 is 3.41. The largest absolute Gasteiger partial charge is 0.380 e. The molecule has 1 N–H and O–H groups in total. The Hall–Kier alpha value is -1.85. The molecule has 1 amide bonds. The van der Waals surface area contributed by atoms with E-state index in [1.807, 2.05) is 42.5 Å². The second-order valence-corrected chi connectivity index (χ2v) is 6.78. The van der Waals surface area contributed by atoms with Gasteiger partial charge in [0.15, 0.2) is 0 Å². The Labute approximate surface area is 150 Å². The van der Waals surface area contributed by atoms with E-state index in [0.717, 1.165) is 41.8 Å². The van der Waals surface area contributed by atoms with Crippen molar-refractivity contribution < 1.29 is 9.53 Å². The second kappa shape index (κ2) is 7.81. The van der Waals surface area contributed by atoms with Gasteiger partial charge in [-0.1, -0.05) is 12.1 Å². The molecule has 0 saturated carbocycles. The summed E-state index contributed by atoms with van der Waals surface area (Å²) in [5.41, 5.74) is 2.58. The van der Waals surface area contributed by atoms with Crippen LogP contribution in [0.3, 0.4) is 0 Å². The average Bonchev–Trinajstić information content (AvgIpc) is 2.62. The third-order valence-corrected chi connectivity index (χ3v) is 5.01. The molecular weight excluding hydrogens is 368 g/mol. The molecule has 0 spiro atoms. The molecule has 1 saturated heterocycles. The number of carbonyl (C=O) groups excluding carboxylic acids is 1. The summed E-state index contributed by atoms with van der Waals surface area (Å²) in [4.78, 5) is 14.7. The highest BCUT2D eigenvalue weighted by Gasteiger charge is 2.19. The zero-order valence-electron chi connectivity index (χ0n) is 13.7. The van der Waals surface area contributed by atoms with E-state index in [1.54, 1.807) is 13.2 Å². The number of rotatable bonds is 4. The van der Waals surface area contributed by atoms with E-state index in [-0.39, 0.29) is 5.91 Å². The Balaban J connectivity index is 1.66. The van der Waals surface area contributed by atoms with Crippen LogP contribution in [0.1, 0.15) is 23.2 Å². The molecule has 2 aromatic carbocycles. The van der Waals surface area contributed by atoms with Crippen molar-refractivity contribution in [1.82, 2.24) is 0 Å². The van der Waals surface area contributed by atoms with Gasteiger partial charge < -0.3 is 15.0 Å². The molecular formula is C19H21BrN2O2. The number of hydrogen-bond acceptors (Lipinski definition) is 3. The predicted octanol–water partition coefficient (Wildman–Crippen LogP) is 4.32. The summed E-state index contributed by atoms with van der Waals surface area (Å²) in [7, 11) is 1.77. The third-order valence-electron chi connectivity index (χ3n) is 4.32. The first kappa shape index (κ1) is 17.0. The lowest BCUT2D eigenvalue weighted by Gasteiger charge is -2.33. The zero-order valence-corrected chi connectivity index (χ0v) is 15.3. The van der Waals surface area contributed by atoms with Gasteiger partial charge in [0.1, 0.15) is 0 Å². The van der Waals surface area contributed by atoms with Crippen molar-refractivity contribution in [3.05, 3.63) is 58.6 Å². The molecule has 1 fully saturated rings. The van der Waals surface area contributed by atoms with Crippen LogP contribution in [0.2, 0.25) is 0 Å².